The van der Waals surface area contributed by atoms with Crippen molar-refractivity contribution in [2.24, 2.45) is 5.92 Å². The van der Waals surface area contributed by atoms with E-state index in [0.29, 0.717) is 41.5 Å². The van der Waals surface area contributed by atoms with Crippen LogP contribution in [0.15, 0.2) is 41.3 Å². The molecular weight excluding hydrogens is 462 g/mol. The van der Waals surface area contributed by atoms with E-state index in [-0.39, 0.29) is 24.3 Å². The van der Waals surface area contributed by atoms with Crippen molar-refractivity contribution in [3.05, 3.63) is 58.0 Å². The fraction of sp³-hybridized carbons (Fsp3) is 0.429. The van der Waals surface area contributed by atoms with Crippen LogP contribution in [0.3, 0.4) is 0 Å². The summed E-state index contributed by atoms with van der Waals surface area (Å²) in [5, 5.41) is -0.292. The molecule has 1 heterocycles. The second kappa shape index (κ2) is 12.2. The number of hydrogen-bond acceptors (Lipinski definition) is 6. The standard InChI is InChI=1S/C28H35NO5S/c1-7-32-25-15-21(9-11-23(25)34-17-18(2)3)16-26-27(30)29(28(31)35-26)12-13-33-24-14-20(6)8-10-22(24)19(4)5/h8-11,14-16,18-19H,7,12-13,17H2,1-6H3/b26-16-. The number of ether oxygens (including phenoxy) is 3. The van der Waals surface area contributed by atoms with Gasteiger partial charge in [-0.25, -0.2) is 0 Å². The quantitative estimate of drug-likeness (QED) is 0.323. The lowest BCUT2D eigenvalue weighted by Crippen LogP contribution is -2.32. The Balaban J connectivity index is 1.69. The van der Waals surface area contributed by atoms with Gasteiger partial charge in [-0.05, 0) is 78.4 Å². The summed E-state index contributed by atoms with van der Waals surface area (Å²) >= 11 is 0.942. The van der Waals surface area contributed by atoms with Gasteiger partial charge >= 0.3 is 0 Å². The number of nitrogens with zero attached hydrogens (tertiary/aromatic N) is 1. The third-order valence-electron chi connectivity index (χ3n) is 5.37. The van der Waals surface area contributed by atoms with Gasteiger partial charge in [-0.15, -0.1) is 0 Å². The van der Waals surface area contributed by atoms with E-state index in [2.05, 4.69) is 39.8 Å². The fourth-order valence-electron chi connectivity index (χ4n) is 3.59. The number of thioether (sulfide) groups is 1. The molecule has 0 radical (unpaired) electrons. The predicted molar refractivity (Wildman–Crippen MR) is 141 cm³/mol. The largest absolute Gasteiger partial charge is 0.491 e. The number of aryl methyl sites for hydroxylation is 1. The Hall–Kier alpha value is -2.93. The molecule has 1 aliphatic heterocycles. The molecular formula is C28H35NO5S. The van der Waals surface area contributed by atoms with Crippen LogP contribution in [0.5, 0.6) is 17.2 Å². The summed E-state index contributed by atoms with van der Waals surface area (Å²) in [4.78, 5) is 27.1. The summed E-state index contributed by atoms with van der Waals surface area (Å²) in [7, 11) is 0. The Morgan fingerprint density at radius 3 is 2.40 bits per heavy atom. The number of carbonyl (C=O) groups excluding carboxylic acids is 2. The van der Waals surface area contributed by atoms with Gasteiger partial charge in [-0.2, -0.15) is 0 Å². The highest BCUT2D eigenvalue weighted by atomic mass is 32.2. The molecule has 7 heteroatoms. The van der Waals surface area contributed by atoms with Crippen molar-refractivity contribution in [3.63, 3.8) is 0 Å². The third kappa shape index (κ3) is 7.04. The minimum Gasteiger partial charge on any atom is -0.491 e. The van der Waals surface area contributed by atoms with E-state index in [1.807, 2.05) is 38.1 Å². The summed E-state index contributed by atoms with van der Waals surface area (Å²) < 4.78 is 17.6. The van der Waals surface area contributed by atoms with Crippen molar-refractivity contribution in [1.29, 1.82) is 0 Å². The molecule has 6 nitrogen and oxygen atoms in total. The first kappa shape index (κ1) is 26.7. The number of rotatable bonds is 11. The molecule has 35 heavy (non-hydrogen) atoms. The normalized spacial score (nSPS) is 15.0. The first-order chi connectivity index (χ1) is 16.7. The molecule has 0 aliphatic carbocycles. The van der Waals surface area contributed by atoms with Gasteiger partial charge in [0.15, 0.2) is 11.5 Å². The van der Waals surface area contributed by atoms with Crippen molar-refractivity contribution in [1.82, 2.24) is 4.90 Å². The average molecular weight is 498 g/mol. The number of hydrogen-bond donors (Lipinski definition) is 0. The lowest BCUT2D eigenvalue weighted by molar-refractivity contribution is -0.123. The van der Waals surface area contributed by atoms with Gasteiger partial charge in [0.1, 0.15) is 12.4 Å². The molecule has 1 saturated heterocycles. The van der Waals surface area contributed by atoms with Gasteiger partial charge < -0.3 is 14.2 Å². The molecule has 0 N–H and O–H groups in total. The first-order valence-electron chi connectivity index (χ1n) is 12.1. The van der Waals surface area contributed by atoms with Crippen molar-refractivity contribution >= 4 is 29.0 Å². The lowest BCUT2D eigenvalue weighted by Gasteiger charge is -2.17. The van der Waals surface area contributed by atoms with Crippen molar-refractivity contribution in [2.75, 3.05) is 26.4 Å². The highest BCUT2D eigenvalue weighted by molar-refractivity contribution is 8.18. The molecule has 3 rings (SSSR count). The number of carbonyl (C=O) groups is 2. The van der Waals surface area contributed by atoms with Gasteiger partial charge in [-0.3, -0.25) is 14.5 Å². The summed E-state index contributed by atoms with van der Waals surface area (Å²) in [5.74, 6) is 2.48. The van der Waals surface area contributed by atoms with Crippen molar-refractivity contribution in [3.8, 4) is 17.2 Å². The zero-order chi connectivity index (χ0) is 25.5. The van der Waals surface area contributed by atoms with E-state index in [1.54, 1.807) is 6.08 Å². The van der Waals surface area contributed by atoms with E-state index < -0.39 is 0 Å². The molecule has 2 aromatic rings. The second-order valence-electron chi connectivity index (χ2n) is 9.22. The molecule has 0 atom stereocenters. The topological polar surface area (TPSA) is 65.1 Å². The van der Waals surface area contributed by atoms with Gasteiger partial charge in [0.2, 0.25) is 0 Å². The highest BCUT2D eigenvalue weighted by Gasteiger charge is 2.35. The van der Waals surface area contributed by atoms with Crippen LogP contribution in [0.25, 0.3) is 6.08 Å². The van der Waals surface area contributed by atoms with Crippen molar-refractivity contribution in [2.45, 2.75) is 47.5 Å². The van der Waals surface area contributed by atoms with Crippen LogP contribution in [-0.2, 0) is 4.79 Å². The van der Waals surface area contributed by atoms with E-state index >= 15 is 0 Å². The summed E-state index contributed by atoms with van der Waals surface area (Å²) in [5.41, 5.74) is 2.98. The summed E-state index contributed by atoms with van der Waals surface area (Å²) in [6, 6.07) is 11.7. The number of benzene rings is 2. The Bertz CT molecular complexity index is 1090. The SMILES string of the molecule is CCOc1cc(/C=C2\SC(=O)N(CCOc3cc(C)ccc3C(C)C)C2=O)ccc1OCC(C)C. The minimum absolute atomic E-state index is 0.194. The monoisotopic (exact) mass is 497 g/mol. The maximum absolute atomic E-state index is 13.0. The summed E-state index contributed by atoms with van der Waals surface area (Å²) in [6.45, 7) is 13.8. The fourth-order valence-corrected chi connectivity index (χ4v) is 4.46. The molecule has 0 spiro atoms. The second-order valence-corrected chi connectivity index (χ2v) is 10.2. The maximum atomic E-state index is 13.0. The first-order valence-corrected chi connectivity index (χ1v) is 12.9. The minimum atomic E-state index is -0.310. The molecule has 188 valence electrons. The molecule has 0 unspecified atom stereocenters. The number of amides is 2. The molecule has 1 aliphatic rings. The lowest BCUT2D eigenvalue weighted by atomic mass is 10.0. The van der Waals surface area contributed by atoms with Crippen LogP contribution in [-0.4, -0.2) is 42.4 Å². The van der Waals surface area contributed by atoms with E-state index in [1.165, 1.54) is 4.90 Å². The van der Waals surface area contributed by atoms with Crippen LogP contribution in [0.2, 0.25) is 0 Å². The van der Waals surface area contributed by atoms with Crippen molar-refractivity contribution < 1.29 is 23.8 Å². The third-order valence-corrected chi connectivity index (χ3v) is 6.28. The van der Waals surface area contributed by atoms with Gasteiger partial charge in [-0.1, -0.05) is 45.9 Å². The van der Waals surface area contributed by atoms with Gasteiger partial charge in [0, 0.05) is 0 Å². The van der Waals surface area contributed by atoms with Crippen LogP contribution in [0.4, 0.5) is 4.79 Å². The van der Waals surface area contributed by atoms with E-state index in [4.69, 9.17) is 14.2 Å². The van der Waals surface area contributed by atoms with Crippen LogP contribution >= 0.6 is 11.8 Å². The zero-order valence-electron chi connectivity index (χ0n) is 21.4. The smallest absolute Gasteiger partial charge is 0.293 e. The molecule has 2 amide bonds. The van der Waals surface area contributed by atoms with Crippen LogP contribution in [0.1, 0.15) is 57.2 Å². The Kier molecular flexibility index (Phi) is 9.26. The predicted octanol–water partition coefficient (Wildman–Crippen LogP) is 6.67. The van der Waals surface area contributed by atoms with Crippen LogP contribution in [0, 0.1) is 12.8 Å². The summed E-state index contributed by atoms with van der Waals surface area (Å²) in [6.07, 6.45) is 1.72. The number of imide groups is 1. The zero-order valence-corrected chi connectivity index (χ0v) is 22.2. The Morgan fingerprint density at radius 1 is 0.943 bits per heavy atom. The Labute approximate surface area is 212 Å². The Morgan fingerprint density at radius 2 is 1.71 bits per heavy atom. The van der Waals surface area contributed by atoms with Gasteiger partial charge in [0.05, 0.1) is 24.7 Å². The van der Waals surface area contributed by atoms with E-state index in [0.717, 1.165) is 34.2 Å². The molecule has 1 fully saturated rings. The molecule has 0 bridgehead atoms. The highest BCUT2D eigenvalue weighted by Crippen LogP contribution is 2.35. The average Bonchev–Trinajstić information content (AvgIpc) is 3.06. The maximum Gasteiger partial charge on any atom is 0.293 e. The van der Waals surface area contributed by atoms with Crippen LogP contribution < -0.4 is 14.2 Å². The van der Waals surface area contributed by atoms with Gasteiger partial charge in [0.25, 0.3) is 11.1 Å². The molecule has 0 aromatic heterocycles. The molecule has 2 aromatic carbocycles. The van der Waals surface area contributed by atoms with E-state index in [9.17, 15) is 9.59 Å². The molecule has 0 saturated carbocycles.